The number of nitrogens with zero attached hydrogens (tertiary/aromatic N) is 2. The van der Waals surface area contributed by atoms with Gasteiger partial charge in [-0.15, -0.1) is 0 Å². The van der Waals surface area contributed by atoms with Gasteiger partial charge in [0.15, 0.2) is 0 Å². The second-order valence-corrected chi connectivity index (χ2v) is 10.6. The number of rotatable bonds is 9. The Morgan fingerprint density at radius 3 is 2.36 bits per heavy atom. The lowest BCUT2D eigenvalue weighted by Crippen LogP contribution is -2.46. The fourth-order valence-corrected chi connectivity index (χ4v) is 4.83. The number of halogens is 4. The molecule has 0 saturated heterocycles. The number of benzene rings is 3. The molecule has 4 rings (SSSR count). The number of nitrogens with one attached hydrogen (secondary N) is 1. The van der Waals surface area contributed by atoms with Gasteiger partial charge in [-0.3, -0.25) is 9.59 Å². The summed E-state index contributed by atoms with van der Waals surface area (Å²) >= 11 is 3.38. The van der Waals surface area contributed by atoms with Gasteiger partial charge in [0.05, 0.1) is 5.56 Å². The van der Waals surface area contributed by atoms with Crippen LogP contribution in [-0.4, -0.2) is 45.7 Å². The van der Waals surface area contributed by atoms with Gasteiger partial charge in [-0.2, -0.15) is 13.2 Å². The van der Waals surface area contributed by atoms with Gasteiger partial charge in [0.25, 0.3) is 5.91 Å². The van der Waals surface area contributed by atoms with Gasteiger partial charge >= 0.3 is 6.18 Å². The quantitative estimate of drug-likeness (QED) is 0.224. The first-order valence-corrected chi connectivity index (χ1v) is 13.4. The molecule has 0 bridgehead atoms. The van der Waals surface area contributed by atoms with Crippen molar-refractivity contribution >= 4 is 38.6 Å². The number of amides is 2. The molecule has 0 fully saturated rings. The molecule has 9 heteroatoms. The Hall–Kier alpha value is -3.59. The third-order valence-electron chi connectivity index (χ3n) is 6.59. The van der Waals surface area contributed by atoms with Crippen molar-refractivity contribution in [2.75, 3.05) is 13.1 Å². The first kappa shape index (κ1) is 28.4. The maximum atomic E-state index is 13.6. The van der Waals surface area contributed by atoms with Gasteiger partial charge in [0, 0.05) is 46.3 Å². The summed E-state index contributed by atoms with van der Waals surface area (Å²) in [6.07, 6.45) is -1.99. The third kappa shape index (κ3) is 7.09. The van der Waals surface area contributed by atoms with Crippen LogP contribution in [0.25, 0.3) is 10.9 Å². The van der Waals surface area contributed by atoms with Crippen LogP contribution in [0.5, 0.6) is 0 Å². The molecular formula is C30H29BrF3N3O2. The van der Waals surface area contributed by atoms with Crippen LogP contribution >= 0.6 is 15.9 Å². The van der Waals surface area contributed by atoms with Crippen molar-refractivity contribution in [2.45, 2.75) is 39.0 Å². The highest BCUT2D eigenvalue weighted by atomic mass is 79.9. The lowest BCUT2D eigenvalue weighted by atomic mass is 10.1. The zero-order valence-electron chi connectivity index (χ0n) is 21.6. The number of H-pyrrole nitrogens is 1. The Bertz CT molecular complexity index is 1450. The highest BCUT2D eigenvalue weighted by Crippen LogP contribution is 2.29. The van der Waals surface area contributed by atoms with Crippen LogP contribution in [0.3, 0.4) is 0 Å². The molecule has 0 saturated carbocycles. The third-order valence-corrected chi connectivity index (χ3v) is 7.09. The molecule has 2 amide bonds. The molecule has 1 aromatic heterocycles. The summed E-state index contributed by atoms with van der Waals surface area (Å²) in [4.78, 5) is 33.3. The molecule has 0 aliphatic rings. The van der Waals surface area contributed by atoms with Crippen LogP contribution in [0.1, 0.15) is 40.9 Å². The molecule has 0 unspecified atom stereocenters. The lowest BCUT2D eigenvalue weighted by molar-refractivity contribution is -0.137. The van der Waals surface area contributed by atoms with Gasteiger partial charge in [0.2, 0.25) is 5.91 Å². The zero-order valence-corrected chi connectivity index (χ0v) is 23.2. The number of hydrogen-bond acceptors (Lipinski definition) is 2. The molecule has 3 aromatic carbocycles. The molecule has 0 spiro atoms. The van der Waals surface area contributed by atoms with Crippen molar-refractivity contribution in [3.63, 3.8) is 0 Å². The molecule has 204 valence electrons. The first-order valence-electron chi connectivity index (χ1n) is 12.6. The maximum absolute atomic E-state index is 13.6. The predicted octanol–water partition coefficient (Wildman–Crippen LogP) is 7.07. The van der Waals surface area contributed by atoms with Crippen molar-refractivity contribution in [3.8, 4) is 0 Å². The molecule has 5 nitrogen and oxygen atoms in total. The second kappa shape index (κ2) is 12.1. The SMILES string of the molecule is CC(C)N(CC(=O)N(CCc1c[nH]c2ccccc12)Cc1ccc(C(F)(F)F)cc1)C(=O)c1cccc(Br)c1. The topological polar surface area (TPSA) is 56.4 Å². The number of alkyl halides is 3. The van der Waals surface area contributed by atoms with Crippen molar-refractivity contribution in [2.24, 2.45) is 0 Å². The number of para-hydroxylation sites is 1. The van der Waals surface area contributed by atoms with E-state index in [2.05, 4.69) is 20.9 Å². The van der Waals surface area contributed by atoms with Crippen LogP contribution in [0.15, 0.2) is 83.5 Å². The van der Waals surface area contributed by atoms with E-state index >= 15 is 0 Å². The largest absolute Gasteiger partial charge is 0.416 e. The second-order valence-electron chi connectivity index (χ2n) is 9.66. The monoisotopic (exact) mass is 599 g/mol. The van der Waals surface area contributed by atoms with Gasteiger partial charge in [-0.25, -0.2) is 0 Å². The van der Waals surface area contributed by atoms with Crippen molar-refractivity contribution < 1.29 is 22.8 Å². The van der Waals surface area contributed by atoms with Crippen molar-refractivity contribution in [3.05, 3.63) is 106 Å². The molecule has 39 heavy (non-hydrogen) atoms. The molecule has 1 heterocycles. The summed E-state index contributed by atoms with van der Waals surface area (Å²) in [6.45, 7) is 3.98. The van der Waals surface area contributed by atoms with E-state index < -0.39 is 11.7 Å². The minimum Gasteiger partial charge on any atom is -0.361 e. The number of aromatic nitrogens is 1. The van der Waals surface area contributed by atoms with Crippen molar-refractivity contribution in [1.29, 1.82) is 0 Å². The number of carbonyl (C=O) groups is 2. The van der Waals surface area contributed by atoms with Crippen LogP contribution in [0, 0.1) is 0 Å². The standard InChI is InChI=1S/C30H29BrF3N3O2/c1-20(2)37(29(39)22-6-5-7-25(31)16-22)19-28(38)36(18-21-10-12-24(13-11-21)30(32,33)34)15-14-23-17-35-27-9-4-3-8-26(23)27/h3-13,16-17,20,35H,14-15,18-19H2,1-2H3. The summed E-state index contributed by atoms with van der Waals surface area (Å²) in [5, 5.41) is 1.05. The minimum atomic E-state index is -4.44. The summed E-state index contributed by atoms with van der Waals surface area (Å²) in [5.41, 5.74) is 2.30. The average Bonchev–Trinajstić information content (AvgIpc) is 3.32. The van der Waals surface area contributed by atoms with E-state index in [0.29, 0.717) is 24.1 Å². The van der Waals surface area contributed by atoms with Crippen molar-refractivity contribution in [1.82, 2.24) is 14.8 Å². The Balaban J connectivity index is 1.57. The Morgan fingerprint density at radius 2 is 1.69 bits per heavy atom. The predicted molar refractivity (Wildman–Crippen MR) is 149 cm³/mol. The summed E-state index contributed by atoms with van der Waals surface area (Å²) in [5.74, 6) is -0.558. The Morgan fingerprint density at radius 1 is 0.974 bits per heavy atom. The van der Waals surface area contributed by atoms with E-state index in [1.165, 1.54) is 17.0 Å². The number of carbonyl (C=O) groups excluding carboxylic acids is 2. The van der Waals surface area contributed by atoms with E-state index in [9.17, 15) is 22.8 Å². The number of fused-ring (bicyclic) bond motifs is 1. The van der Waals surface area contributed by atoms with Crippen LogP contribution in [0.4, 0.5) is 13.2 Å². The fourth-order valence-electron chi connectivity index (χ4n) is 4.43. The minimum absolute atomic E-state index is 0.121. The zero-order chi connectivity index (χ0) is 28.2. The van der Waals surface area contributed by atoms with Crippen LogP contribution in [0.2, 0.25) is 0 Å². The van der Waals surface area contributed by atoms with Crippen LogP contribution < -0.4 is 0 Å². The highest BCUT2D eigenvalue weighted by molar-refractivity contribution is 9.10. The molecule has 0 radical (unpaired) electrons. The van der Waals surface area contributed by atoms with E-state index in [4.69, 9.17) is 0 Å². The fraction of sp³-hybridized carbons (Fsp3) is 0.267. The Labute approximate surface area is 233 Å². The molecule has 0 atom stereocenters. The number of aromatic amines is 1. The molecule has 0 aliphatic heterocycles. The summed E-state index contributed by atoms with van der Waals surface area (Å²) < 4.78 is 40.0. The Kier molecular flexibility index (Phi) is 8.80. The van der Waals surface area contributed by atoms with Gasteiger partial charge in [-0.1, -0.05) is 52.3 Å². The van der Waals surface area contributed by atoms with E-state index in [1.54, 1.807) is 23.1 Å². The average molecular weight is 600 g/mol. The normalized spacial score (nSPS) is 11.7. The van der Waals surface area contributed by atoms with Gasteiger partial charge in [-0.05, 0) is 67.8 Å². The molecule has 1 N–H and O–H groups in total. The number of hydrogen-bond donors (Lipinski definition) is 1. The van der Waals surface area contributed by atoms with E-state index in [0.717, 1.165) is 33.1 Å². The smallest absolute Gasteiger partial charge is 0.361 e. The molecular weight excluding hydrogens is 571 g/mol. The molecule has 0 aliphatic carbocycles. The lowest BCUT2D eigenvalue weighted by Gasteiger charge is -2.30. The summed E-state index contributed by atoms with van der Waals surface area (Å²) in [7, 11) is 0. The maximum Gasteiger partial charge on any atom is 0.416 e. The first-order chi connectivity index (χ1) is 18.5. The summed E-state index contributed by atoms with van der Waals surface area (Å²) in [6, 6.07) is 19.4. The highest BCUT2D eigenvalue weighted by Gasteiger charge is 2.30. The van der Waals surface area contributed by atoms with Gasteiger partial charge in [0.1, 0.15) is 6.54 Å². The van der Waals surface area contributed by atoms with Gasteiger partial charge < -0.3 is 14.8 Å². The van der Waals surface area contributed by atoms with Crippen LogP contribution in [-0.2, 0) is 23.9 Å². The van der Waals surface area contributed by atoms with E-state index in [-0.39, 0.29) is 30.9 Å². The molecule has 4 aromatic rings. The van der Waals surface area contributed by atoms with E-state index in [1.807, 2.05) is 50.4 Å².